The van der Waals surface area contributed by atoms with Crippen LogP contribution in [0.4, 0.5) is 23.4 Å². The first-order chi connectivity index (χ1) is 11.8. The van der Waals surface area contributed by atoms with E-state index in [1.54, 1.807) is 0 Å². The zero-order chi connectivity index (χ0) is 20.0. The molecule has 1 aromatic carbocycles. The molecule has 6 nitrogen and oxygen atoms in total. The second-order valence-corrected chi connectivity index (χ2v) is 7.92. The van der Waals surface area contributed by atoms with Crippen LogP contribution >= 0.6 is 23.2 Å². The van der Waals surface area contributed by atoms with Crippen molar-refractivity contribution in [3.05, 3.63) is 33.4 Å². The highest BCUT2D eigenvalue weighted by atomic mass is 35.5. The number of nitrogens with zero attached hydrogens (tertiary/aromatic N) is 3. The van der Waals surface area contributed by atoms with Gasteiger partial charge >= 0.3 is 6.18 Å². The maximum atomic E-state index is 13.4. The molecule has 26 heavy (non-hydrogen) atoms. The van der Waals surface area contributed by atoms with Gasteiger partial charge in [0.1, 0.15) is 17.6 Å². The maximum absolute atomic E-state index is 13.4. The summed E-state index contributed by atoms with van der Waals surface area (Å²) in [6.45, 7) is 0.714. The number of benzene rings is 1. The molecule has 0 spiro atoms. The summed E-state index contributed by atoms with van der Waals surface area (Å²) in [5, 5.41) is 11.5. The smallest absolute Gasteiger partial charge is 0.382 e. The largest absolute Gasteiger partial charge is 0.416 e. The van der Waals surface area contributed by atoms with Crippen molar-refractivity contribution in [2.45, 2.75) is 23.5 Å². The van der Waals surface area contributed by atoms with Crippen molar-refractivity contribution in [1.82, 2.24) is 9.78 Å². The topological polar surface area (TPSA) is 102 Å². The Morgan fingerprint density at radius 2 is 1.81 bits per heavy atom. The van der Waals surface area contributed by atoms with E-state index < -0.39 is 53.5 Å². The Morgan fingerprint density at radius 1 is 1.31 bits per heavy atom. The van der Waals surface area contributed by atoms with Gasteiger partial charge in [-0.1, -0.05) is 23.2 Å². The molecule has 0 saturated carbocycles. The molecule has 1 unspecified atom stereocenters. The number of nitriles is 1. The second-order valence-electron chi connectivity index (χ2n) is 4.96. The molecule has 2 aromatic rings. The molecule has 0 aliphatic heterocycles. The summed E-state index contributed by atoms with van der Waals surface area (Å²) < 4.78 is 76.5. The molecule has 140 valence electrons. The lowest BCUT2D eigenvalue weighted by Crippen LogP contribution is -2.15. The second kappa shape index (κ2) is 6.61. The molecule has 13 heteroatoms. The van der Waals surface area contributed by atoms with E-state index in [1.165, 1.54) is 6.07 Å². The molecule has 2 rings (SSSR count). The Labute approximate surface area is 154 Å². The van der Waals surface area contributed by atoms with Gasteiger partial charge in [0.15, 0.2) is 10.6 Å². The highest BCUT2D eigenvalue weighted by Gasteiger charge is 2.35. The number of sulfone groups is 1. The number of anilines is 1. The van der Waals surface area contributed by atoms with Gasteiger partial charge in [0.2, 0.25) is 15.3 Å². The lowest BCUT2D eigenvalue weighted by atomic mass is 10.2. The molecule has 1 heterocycles. The van der Waals surface area contributed by atoms with Gasteiger partial charge < -0.3 is 5.73 Å². The average Bonchev–Trinajstić information content (AvgIpc) is 2.82. The summed E-state index contributed by atoms with van der Waals surface area (Å²) in [5.41, 5.74) is 0.956. The van der Waals surface area contributed by atoms with Crippen molar-refractivity contribution in [2.24, 2.45) is 0 Å². The van der Waals surface area contributed by atoms with E-state index in [1.807, 2.05) is 0 Å². The lowest BCUT2D eigenvalue weighted by Gasteiger charge is -2.13. The highest BCUT2D eigenvalue weighted by Crippen LogP contribution is 2.39. The van der Waals surface area contributed by atoms with E-state index in [2.05, 4.69) is 5.10 Å². The Hall–Kier alpha value is -2.03. The normalized spacial score (nSPS) is 13.5. The fourth-order valence-corrected chi connectivity index (χ4v) is 3.74. The van der Waals surface area contributed by atoms with Crippen LogP contribution in [0.1, 0.15) is 18.2 Å². The predicted octanol–water partition coefficient (Wildman–Crippen LogP) is 3.74. The zero-order valence-corrected chi connectivity index (χ0v) is 15.0. The van der Waals surface area contributed by atoms with Crippen molar-refractivity contribution < 1.29 is 26.0 Å². The van der Waals surface area contributed by atoms with Gasteiger partial charge in [-0.15, -0.1) is 0 Å². The van der Waals surface area contributed by atoms with Crippen LogP contribution < -0.4 is 5.73 Å². The summed E-state index contributed by atoms with van der Waals surface area (Å²) in [7, 11) is -4.66. The number of nitrogens with two attached hydrogens (primary N) is 1. The van der Waals surface area contributed by atoms with Crippen LogP contribution in [-0.2, 0) is 16.0 Å². The molecular formula is C13H8Cl2F4N4O2S. The zero-order valence-electron chi connectivity index (χ0n) is 12.6. The van der Waals surface area contributed by atoms with Crippen molar-refractivity contribution >= 4 is 38.9 Å². The van der Waals surface area contributed by atoms with E-state index >= 15 is 0 Å². The van der Waals surface area contributed by atoms with Crippen LogP contribution in [0.5, 0.6) is 0 Å². The highest BCUT2D eigenvalue weighted by molar-refractivity contribution is 7.92. The molecule has 0 aliphatic carbocycles. The first-order valence-electron chi connectivity index (χ1n) is 6.55. The SMILES string of the molecule is CC(F)S(=O)(=O)c1c(C#N)nn(-c2c(Cl)cc(C(F)(F)F)cc2Cl)c1N. The molecule has 0 bridgehead atoms. The van der Waals surface area contributed by atoms with Crippen molar-refractivity contribution in [2.75, 3.05) is 5.73 Å². The van der Waals surface area contributed by atoms with Crippen LogP contribution in [0, 0.1) is 11.3 Å². The van der Waals surface area contributed by atoms with Crippen LogP contribution in [0.25, 0.3) is 5.69 Å². The Morgan fingerprint density at radius 3 is 2.19 bits per heavy atom. The maximum Gasteiger partial charge on any atom is 0.416 e. The van der Waals surface area contributed by atoms with E-state index in [9.17, 15) is 26.0 Å². The third-order valence-corrected chi connectivity index (χ3v) is 5.65. The number of hydrogen-bond donors (Lipinski definition) is 1. The van der Waals surface area contributed by atoms with E-state index in [0.717, 1.165) is 0 Å². The number of alkyl halides is 4. The van der Waals surface area contributed by atoms with Crippen LogP contribution in [-0.4, -0.2) is 23.7 Å². The van der Waals surface area contributed by atoms with Crippen LogP contribution in [0.3, 0.4) is 0 Å². The third kappa shape index (κ3) is 3.32. The number of nitrogen functional groups attached to an aromatic ring is 1. The van der Waals surface area contributed by atoms with Crippen molar-refractivity contribution in [3.8, 4) is 11.8 Å². The standard InChI is InChI=1S/C13H8Cl2F4N4O2S/c1-5(16)26(24,25)11-9(4-20)22-23(12(11)21)10-7(14)2-6(3-8(10)15)13(17,18)19/h2-3,5H,21H2,1H3. The molecule has 0 amide bonds. The fraction of sp³-hybridized carbons (Fsp3) is 0.231. The Balaban J connectivity index is 2.81. The lowest BCUT2D eigenvalue weighted by molar-refractivity contribution is -0.137. The molecule has 1 aromatic heterocycles. The van der Waals surface area contributed by atoms with Gasteiger partial charge in [-0.05, 0) is 19.1 Å². The van der Waals surface area contributed by atoms with Gasteiger partial charge in [0, 0.05) is 0 Å². The van der Waals surface area contributed by atoms with Crippen molar-refractivity contribution in [3.63, 3.8) is 0 Å². The first-order valence-corrected chi connectivity index (χ1v) is 8.85. The van der Waals surface area contributed by atoms with Gasteiger partial charge in [0.25, 0.3) is 0 Å². The minimum absolute atomic E-state index is 0.386. The molecule has 2 N–H and O–H groups in total. The number of aromatic nitrogens is 2. The monoisotopic (exact) mass is 430 g/mol. The van der Waals surface area contributed by atoms with E-state index in [-0.39, 0.29) is 5.69 Å². The summed E-state index contributed by atoms with van der Waals surface area (Å²) in [4.78, 5) is -0.901. The summed E-state index contributed by atoms with van der Waals surface area (Å²) >= 11 is 11.6. The van der Waals surface area contributed by atoms with E-state index in [4.69, 9.17) is 34.2 Å². The minimum Gasteiger partial charge on any atom is -0.382 e. The Kier molecular flexibility index (Phi) is 5.15. The number of halogens is 6. The van der Waals surface area contributed by atoms with Crippen LogP contribution in [0.2, 0.25) is 10.0 Å². The van der Waals surface area contributed by atoms with E-state index in [0.29, 0.717) is 23.7 Å². The fourth-order valence-electron chi connectivity index (χ4n) is 2.03. The van der Waals surface area contributed by atoms with Crippen molar-refractivity contribution in [1.29, 1.82) is 5.26 Å². The summed E-state index contributed by atoms with van der Waals surface area (Å²) in [5.74, 6) is -0.713. The minimum atomic E-state index is -4.74. The average molecular weight is 431 g/mol. The Bertz CT molecular complexity index is 1000. The van der Waals surface area contributed by atoms with Crippen LogP contribution in [0.15, 0.2) is 17.0 Å². The molecule has 0 saturated heterocycles. The summed E-state index contributed by atoms with van der Waals surface area (Å²) in [6.07, 6.45) is -4.74. The number of hydrogen-bond acceptors (Lipinski definition) is 5. The summed E-state index contributed by atoms with van der Waals surface area (Å²) in [6, 6.07) is 2.50. The van der Waals surface area contributed by atoms with Gasteiger partial charge in [-0.2, -0.15) is 23.5 Å². The first kappa shape index (κ1) is 20.3. The molecule has 1 atom stereocenters. The molecular weight excluding hydrogens is 423 g/mol. The van der Waals surface area contributed by atoms with Gasteiger partial charge in [-0.25, -0.2) is 17.5 Å². The predicted molar refractivity (Wildman–Crippen MR) is 85.5 cm³/mol. The molecule has 0 fully saturated rings. The third-order valence-electron chi connectivity index (χ3n) is 3.25. The molecule has 0 radical (unpaired) electrons. The number of rotatable bonds is 3. The quantitative estimate of drug-likeness (QED) is 0.747. The van der Waals surface area contributed by atoms with Gasteiger partial charge in [0.05, 0.1) is 15.6 Å². The molecule has 0 aliphatic rings. The van der Waals surface area contributed by atoms with Gasteiger partial charge in [-0.3, -0.25) is 0 Å².